The normalized spacial score (nSPS) is 14.8. The second kappa shape index (κ2) is 10.2. The Labute approximate surface area is 202 Å². The molecule has 0 unspecified atom stereocenters. The molecule has 0 atom stereocenters. The van der Waals surface area contributed by atoms with Crippen LogP contribution in [0.25, 0.3) is 17.1 Å². The zero-order valence-electron chi connectivity index (χ0n) is 19.5. The van der Waals surface area contributed by atoms with E-state index in [1.165, 1.54) is 12.1 Å². The van der Waals surface area contributed by atoms with Gasteiger partial charge in [0.1, 0.15) is 11.6 Å². The van der Waals surface area contributed by atoms with Crippen molar-refractivity contribution in [3.63, 3.8) is 0 Å². The van der Waals surface area contributed by atoms with Crippen LogP contribution in [0.1, 0.15) is 30.1 Å². The molecule has 2 aromatic heterocycles. The van der Waals surface area contributed by atoms with E-state index >= 15 is 0 Å². The molecule has 35 heavy (non-hydrogen) atoms. The molecule has 3 heterocycles. The zero-order chi connectivity index (χ0) is 24.2. The van der Waals surface area contributed by atoms with Crippen LogP contribution in [0.4, 0.5) is 4.39 Å². The first-order chi connectivity index (χ1) is 17.1. The van der Waals surface area contributed by atoms with Crippen LogP contribution in [0.2, 0.25) is 0 Å². The van der Waals surface area contributed by atoms with E-state index in [1.807, 2.05) is 42.0 Å². The Hall–Kier alpha value is -3.85. The van der Waals surface area contributed by atoms with Crippen LogP contribution in [0.15, 0.2) is 65.4 Å². The van der Waals surface area contributed by atoms with Crippen LogP contribution in [0, 0.1) is 18.7 Å². The SMILES string of the molecule is Cc1nccn1-c1ccccc1CNC(=O)C1CCN(Cc2nc(-c3ccc(F)cc3)no2)CC1. The molecule has 2 aromatic carbocycles. The number of halogens is 1. The second-order valence-corrected chi connectivity index (χ2v) is 8.76. The highest BCUT2D eigenvalue weighted by Crippen LogP contribution is 2.22. The average molecular weight is 475 g/mol. The molecule has 5 rings (SSSR count). The van der Waals surface area contributed by atoms with E-state index in [0.717, 1.165) is 43.0 Å². The molecule has 0 aliphatic carbocycles. The number of piperidine rings is 1. The number of imidazole rings is 1. The number of aryl methyl sites for hydroxylation is 1. The van der Waals surface area contributed by atoms with Crippen molar-refractivity contribution in [3.8, 4) is 17.1 Å². The maximum Gasteiger partial charge on any atom is 0.241 e. The summed E-state index contributed by atoms with van der Waals surface area (Å²) in [6, 6.07) is 14.0. The van der Waals surface area contributed by atoms with E-state index in [1.54, 1.807) is 18.3 Å². The number of para-hydroxylation sites is 1. The van der Waals surface area contributed by atoms with Gasteiger partial charge in [0.25, 0.3) is 0 Å². The molecule has 1 aliphatic rings. The summed E-state index contributed by atoms with van der Waals surface area (Å²) < 4.78 is 20.5. The van der Waals surface area contributed by atoms with E-state index < -0.39 is 0 Å². The van der Waals surface area contributed by atoms with Gasteiger partial charge < -0.3 is 14.4 Å². The fourth-order valence-corrected chi connectivity index (χ4v) is 4.43. The van der Waals surface area contributed by atoms with Gasteiger partial charge in [0.2, 0.25) is 17.6 Å². The summed E-state index contributed by atoms with van der Waals surface area (Å²) in [7, 11) is 0. The molecule has 1 amide bonds. The summed E-state index contributed by atoms with van der Waals surface area (Å²) in [6.45, 7) is 4.51. The molecule has 0 saturated carbocycles. The van der Waals surface area contributed by atoms with Gasteiger partial charge in [0.15, 0.2) is 0 Å². The Kier molecular flexibility index (Phi) is 6.67. The van der Waals surface area contributed by atoms with Crippen molar-refractivity contribution in [1.82, 2.24) is 29.9 Å². The predicted molar refractivity (Wildman–Crippen MR) is 128 cm³/mol. The number of rotatable bonds is 7. The molecule has 0 bridgehead atoms. The van der Waals surface area contributed by atoms with Gasteiger partial charge >= 0.3 is 0 Å². The van der Waals surface area contributed by atoms with Gasteiger partial charge in [-0.25, -0.2) is 9.37 Å². The number of aromatic nitrogens is 4. The number of likely N-dealkylation sites (tertiary alicyclic amines) is 1. The fourth-order valence-electron chi connectivity index (χ4n) is 4.43. The number of nitrogens with zero attached hydrogens (tertiary/aromatic N) is 5. The van der Waals surface area contributed by atoms with E-state index in [2.05, 4.69) is 25.3 Å². The minimum absolute atomic E-state index is 0.0224. The molecule has 180 valence electrons. The highest BCUT2D eigenvalue weighted by atomic mass is 19.1. The third-order valence-electron chi connectivity index (χ3n) is 6.42. The summed E-state index contributed by atoms with van der Waals surface area (Å²) in [5.74, 6) is 1.62. The Morgan fingerprint density at radius 3 is 2.66 bits per heavy atom. The quantitative estimate of drug-likeness (QED) is 0.437. The maximum atomic E-state index is 13.1. The fraction of sp³-hybridized carbons (Fsp3) is 0.308. The van der Waals surface area contributed by atoms with Crippen LogP contribution >= 0.6 is 0 Å². The van der Waals surface area contributed by atoms with Gasteiger partial charge in [-0.1, -0.05) is 23.4 Å². The lowest BCUT2D eigenvalue weighted by Crippen LogP contribution is -2.40. The van der Waals surface area contributed by atoms with E-state index in [9.17, 15) is 9.18 Å². The molecule has 1 aliphatic heterocycles. The van der Waals surface area contributed by atoms with E-state index in [4.69, 9.17) is 4.52 Å². The summed E-state index contributed by atoms with van der Waals surface area (Å²) in [5.41, 5.74) is 2.78. The molecule has 0 spiro atoms. The average Bonchev–Trinajstić information content (AvgIpc) is 3.52. The maximum absolute atomic E-state index is 13.1. The highest BCUT2D eigenvalue weighted by molar-refractivity contribution is 5.78. The molecule has 1 fully saturated rings. The second-order valence-electron chi connectivity index (χ2n) is 8.76. The zero-order valence-corrected chi connectivity index (χ0v) is 19.5. The Balaban J connectivity index is 1.12. The summed E-state index contributed by atoms with van der Waals surface area (Å²) in [5, 5.41) is 7.13. The monoisotopic (exact) mass is 474 g/mol. The molecule has 9 heteroatoms. The van der Waals surface area contributed by atoms with Crippen molar-refractivity contribution in [1.29, 1.82) is 0 Å². The van der Waals surface area contributed by atoms with Crippen LogP contribution < -0.4 is 5.32 Å². The predicted octanol–water partition coefficient (Wildman–Crippen LogP) is 3.90. The molecular weight excluding hydrogens is 447 g/mol. The Bertz CT molecular complexity index is 1290. The highest BCUT2D eigenvalue weighted by Gasteiger charge is 2.26. The van der Waals surface area contributed by atoms with Gasteiger partial charge in [-0.3, -0.25) is 9.69 Å². The summed E-state index contributed by atoms with van der Waals surface area (Å²) >= 11 is 0. The van der Waals surface area contributed by atoms with Crippen molar-refractivity contribution in [3.05, 3.63) is 84.0 Å². The Morgan fingerprint density at radius 1 is 1.14 bits per heavy atom. The topological polar surface area (TPSA) is 89.1 Å². The third kappa shape index (κ3) is 5.30. The number of carbonyl (C=O) groups is 1. The number of carbonyl (C=O) groups excluding carboxylic acids is 1. The van der Waals surface area contributed by atoms with Crippen molar-refractivity contribution < 1.29 is 13.7 Å². The van der Waals surface area contributed by atoms with Gasteiger partial charge in [-0.2, -0.15) is 4.98 Å². The van der Waals surface area contributed by atoms with Gasteiger partial charge in [-0.05, 0) is 68.8 Å². The lowest BCUT2D eigenvalue weighted by molar-refractivity contribution is -0.126. The van der Waals surface area contributed by atoms with Crippen LogP contribution in [-0.2, 0) is 17.9 Å². The smallest absolute Gasteiger partial charge is 0.241 e. The first-order valence-electron chi connectivity index (χ1n) is 11.7. The van der Waals surface area contributed by atoms with Gasteiger partial charge in [-0.15, -0.1) is 0 Å². The molecule has 1 N–H and O–H groups in total. The molecular formula is C26H27FN6O2. The first kappa shape index (κ1) is 22.9. The number of hydrogen-bond acceptors (Lipinski definition) is 6. The number of amides is 1. The number of nitrogens with one attached hydrogen (secondary N) is 1. The first-order valence-corrected chi connectivity index (χ1v) is 11.7. The lowest BCUT2D eigenvalue weighted by atomic mass is 9.96. The Morgan fingerprint density at radius 2 is 1.91 bits per heavy atom. The number of hydrogen-bond donors (Lipinski definition) is 1. The number of benzene rings is 2. The summed E-state index contributed by atoms with van der Waals surface area (Å²) in [6.07, 6.45) is 5.24. The molecule has 4 aromatic rings. The van der Waals surface area contributed by atoms with Crippen molar-refractivity contribution >= 4 is 5.91 Å². The van der Waals surface area contributed by atoms with Crippen LogP contribution in [-0.4, -0.2) is 43.6 Å². The van der Waals surface area contributed by atoms with Crippen LogP contribution in [0.3, 0.4) is 0 Å². The van der Waals surface area contributed by atoms with Crippen molar-refractivity contribution in [2.45, 2.75) is 32.9 Å². The van der Waals surface area contributed by atoms with Gasteiger partial charge in [0, 0.05) is 30.4 Å². The van der Waals surface area contributed by atoms with E-state index in [-0.39, 0.29) is 17.6 Å². The van der Waals surface area contributed by atoms with Gasteiger partial charge in [0.05, 0.1) is 12.2 Å². The molecule has 8 nitrogen and oxygen atoms in total. The van der Waals surface area contributed by atoms with Crippen molar-refractivity contribution in [2.75, 3.05) is 13.1 Å². The van der Waals surface area contributed by atoms with Crippen LogP contribution in [0.5, 0.6) is 0 Å². The summed E-state index contributed by atoms with van der Waals surface area (Å²) in [4.78, 5) is 23.8. The standard InChI is InChI=1S/C26H27FN6O2/c1-18-28-12-15-33(18)23-5-3-2-4-21(23)16-29-26(34)20-10-13-32(14-11-20)17-24-30-25(31-35-24)19-6-8-22(27)9-7-19/h2-9,12,15,20H,10-11,13-14,16-17H2,1H3,(H,29,34). The lowest BCUT2D eigenvalue weighted by Gasteiger charge is -2.30. The largest absolute Gasteiger partial charge is 0.352 e. The van der Waals surface area contributed by atoms with Crippen molar-refractivity contribution in [2.24, 2.45) is 5.92 Å². The third-order valence-corrected chi connectivity index (χ3v) is 6.42. The molecule has 0 radical (unpaired) electrons. The minimum Gasteiger partial charge on any atom is -0.352 e. The minimum atomic E-state index is -0.304. The van der Waals surface area contributed by atoms with E-state index in [0.29, 0.717) is 30.4 Å². The molecule has 1 saturated heterocycles.